The van der Waals surface area contributed by atoms with Crippen LogP contribution >= 0.6 is 0 Å². The molecule has 1 aromatic rings. The molecule has 1 amide bonds. The molecule has 0 unspecified atom stereocenters. The average molecular weight is 275 g/mol. The van der Waals surface area contributed by atoms with Gasteiger partial charge in [0, 0.05) is 11.3 Å². The van der Waals surface area contributed by atoms with Crippen molar-refractivity contribution in [3.05, 3.63) is 46.9 Å². The number of carbonyl (C=O) groups excluding carboxylic acids is 1. The third-order valence-corrected chi connectivity index (χ3v) is 3.69. The van der Waals surface area contributed by atoms with Crippen LogP contribution in [-0.4, -0.2) is 11.6 Å². The normalized spacial score (nSPS) is 16.4. The Morgan fingerprint density at radius 2 is 1.95 bits per heavy atom. The summed E-state index contributed by atoms with van der Waals surface area (Å²) >= 11 is 0. The molecule has 0 bridgehead atoms. The van der Waals surface area contributed by atoms with Crippen molar-refractivity contribution in [3.8, 4) is 0 Å². The summed E-state index contributed by atoms with van der Waals surface area (Å²) < 4.78 is 13.9. The number of nitrogens with two attached hydrogens (primary N) is 2. The van der Waals surface area contributed by atoms with Gasteiger partial charge in [0.05, 0.1) is 11.3 Å². The average Bonchev–Trinajstić information content (AvgIpc) is 2.91. The van der Waals surface area contributed by atoms with Gasteiger partial charge in [-0.2, -0.15) is 0 Å². The van der Waals surface area contributed by atoms with Crippen LogP contribution in [0, 0.1) is 17.1 Å². The Labute approximate surface area is 117 Å². The Morgan fingerprint density at radius 1 is 1.30 bits per heavy atom. The van der Waals surface area contributed by atoms with Gasteiger partial charge in [-0.1, -0.05) is 18.9 Å². The van der Waals surface area contributed by atoms with E-state index in [1.54, 1.807) is 0 Å². The zero-order valence-corrected chi connectivity index (χ0v) is 11.2. The van der Waals surface area contributed by atoms with Gasteiger partial charge in [-0.15, -0.1) is 0 Å². The second-order valence-corrected chi connectivity index (χ2v) is 5.07. The quantitative estimate of drug-likeness (QED) is 0.736. The van der Waals surface area contributed by atoms with E-state index in [9.17, 15) is 9.18 Å². The lowest BCUT2D eigenvalue weighted by Gasteiger charge is -2.11. The molecule has 1 aliphatic carbocycles. The molecule has 5 N–H and O–H groups in total. The maximum Gasteiger partial charge on any atom is 0.249 e. The predicted octanol–water partition coefficient (Wildman–Crippen LogP) is 2.33. The lowest BCUT2D eigenvalue weighted by atomic mass is 9.97. The number of allylic oxidation sites excluding steroid dienone is 2. The minimum absolute atomic E-state index is 0.00507. The maximum atomic E-state index is 13.9. The molecule has 0 aliphatic heterocycles. The van der Waals surface area contributed by atoms with Crippen LogP contribution in [0.5, 0.6) is 0 Å². The van der Waals surface area contributed by atoms with Gasteiger partial charge in [0.15, 0.2) is 0 Å². The zero-order valence-electron chi connectivity index (χ0n) is 11.2. The molecule has 1 aromatic carbocycles. The first kappa shape index (κ1) is 14.2. The van der Waals surface area contributed by atoms with Crippen LogP contribution in [0.4, 0.5) is 4.39 Å². The molecule has 0 atom stereocenters. The lowest BCUT2D eigenvalue weighted by Crippen LogP contribution is -2.18. The first-order valence-electron chi connectivity index (χ1n) is 6.65. The number of nitrogens with one attached hydrogen (secondary N) is 1. The first-order valence-corrected chi connectivity index (χ1v) is 6.65. The molecular weight excluding hydrogens is 257 g/mol. The molecule has 0 aromatic heterocycles. The summed E-state index contributed by atoms with van der Waals surface area (Å²) in [5, 5.41) is 7.99. The van der Waals surface area contributed by atoms with Gasteiger partial charge in [0.25, 0.3) is 0 Å². The van der Waals surface area contributed by atoms with Gasteiger partial charge in [-0.3, -0.25) is 4.79 Å². The van der Waals surface area contributed by atoms with E-state index in [0.717, 1.165) is 25.7 Å². The minimum Gasteiger partial charge on any atom is -0.402 e. The summed E-state index contributed by atoms with van der Waals surface area (Å²) in [6.07, 6.45) is 5.68. The summed E-state index contributed by atoms with van der Waals surface area (Å²) in [7, 11) is 0. The van der Waals surface area contributed by atoms with E-state index in [2.05, 4.69) is 0 Å². The second kappa shape index (κ2) is 5.86. The monoisotopic (exact) mass is 275 g/mol. The number of hydrogen-bond acceptors (Lipinski definition) is 3. The van der Waals surface area contributed by atoms with Crippen molar-refractivity contribution in [3.63, 3.8) is 0 Å². The number of halogens is 1. The number of rotatable bonds is 4. The summed E-state index contributed by atoms with van der Waals surface area (Å²) in [5.74, 6) is -1.14. The standard InChI is InChI=1S/C15H18FN3O/c16-11-7-3-6-10(15(19)20)14(11)13(18)8-12(17)9-4-1-2-5-9/h3,6-9,18H,1-2,4-5,17H2,(H2,19,20)/b12-8-,18-13?. The van der Waals surface area contributed by atoms with Crippen molar-refractivity contribution in [2.24, 2.45) is 17.4 Å². The molecule has 2 rings (SSSR count). The highest BCUT2D eigenvalue weighted by molar-refractivity contribution is 6.13. The van der Waals surface area contributed by atoms with E-state index in [-0.39, 0.29) is 22.8 Å². The van der Waals surface area contributed by atoms with Crippen LogP contribution in [0.15, 0.2) is 30.0 Å². The van der Waals surface area contributed by atoms with Gasteiger partial charge >= 0.3 is 0 Å². The molecule has 1 aliphatic rings. The van der Waals surface area contributed by atoms with Crippen LogP contribution in [0.1, 0.15) is 41.6 Å². The highest BCUT2D eigenvalue weighted by Gasteiger charge is 2.20. The van der Waals surface area contributed by atoms with Crippen molar-refractivity contribution in [2.75, 3.05) is 0 Å². The first-order chi connectivity index (χ1) is 9.50. The number of amides is 1. The molecule has 0 heterocycles. The maximum absolute atomic E-state index is 13.9. The Balaban J connectivity index is 2.33. The van der Waals surface area contributed by atoms with E-state index < -0.39 is 11.7 Å². The topological polar surface area (TPSA) is 93.0 Å². The molecule has 0 radical (unpaired) electrons. The van der Waals surface area contributed by atoms with Crippen LogP contribution in [0.3, 0.4) is 0 Å². The number of benzene rings is 1. The fourth-order valence-corrected chi connectivity index (χ4v) is 2.62. The van der Waals surface area contributed by atoms with Gasteiger partial charge in [-0.05, 0) is 37.0 Å². The van der Waals surface area contributed by atoms with E-state index >= 15 is 0 Å². The van der Waals surface area contributed by atoms with Crippen molar-refractivity contribution in [1.29, 1.82) is 5.41 Å². The van der Waals surface area contributed by atoms with E-state index in [4.69, 9.17) is 16.9 Å². The second-order valence-electron chi connectivity index (χ2n) is 5.07. The predicted molar refractivity (Wildman–Crippen MR) is 76.0 cm³/mol. The lowest BCUT2D eigenvalue weighted by molar-refractivity contribution is 0.0999. The van der Waals surface area contributed by atoms with Crippen LogP contribution in [-0.2, 0) is 0 Å². The molecule has 1 saturated carbocycles. The minimum atomic E-state index is -0.753. The third-order valence-electron chi connectivity index (χ3n) is 3.69. The van der Waals surface area contributed by atoms with Gasteiger partial charge in [0.2, 0.25) is 5.91 Å². The van der Waals surface area contributed by atoms with E-state index in [0.29, 0.717) is 5.70 Å². The fourth-order valence-electron chi connectivity index (χ4n) is 2.62. The fraction of sp³-hybridized carbons (Fsp3) is 0.333. The Bertz CT molecular complexity index is 574. The van der Waals surface area contributed by atoms with Gasteiger partial charge in [-0.25, -0.2) is 4.39 Å². The van der Waals surface area contributed by atoms with Gasteiger partial charge < -0.3 is 16.9 Å². The SMILES string of the molecule is N=C(/C=C(\N)C1CCCC1)c1c(F)cccc1C(N)=O. The van der Waals surface area contributed by atoms with Crippen LogP contribution in [0.2, 0.25) is 0 Å². The summed E-state index contributed by atoms with van der Waals surface area (Å²) in [6, 6.07) is 4.01. The van der Waals surface area contributed by atoms with Crippen molar-refractivity contribution in [1.82, 2.24) is 0 Å². The molecule has 0 saturated heterocycles. The largest absolute Gasteiger partial charge is 0.402 e. The number of primary amides is 1. The number of carbonyl (C=O) groups is 1. The smallest absolute Gasteiger partial charge is 0.249 e. The third kappa shape index (κ3) is 2.87. The van der Waals surface area contributed by atoms with Gasteiger partial charge in [0.1, 0.15) is 5.82 Å². The van der Waals surface area contributed by atoms with Crippen LogP contribution in [0.25, 0.3) is 0 Å². The Kier molecular flexibility index (Phi) is 4.17. The highest BCUT2D eigenvalue weighted by atomic mass is 19.1. The summed E-state index contributed by atoms with van der Waals surface area (Å²) in [6.45, 7) is 0. The molecule has 20 heavy (non-hydrogen) atoms. The van der Waals surface area contributed by atoms with Crippen LogP contribution < -0.4 is 11.5 Å². The Morgan fingerprint density at radius 3 is 2.55 bits per heavy atom. The number of hydrogen-bond donors (Lipinski definition) is 3. The molecule has 5 heteroatoms. The molecule has 0 spiro atoms. The molecule has 1 fully saturated rings. The summed E-state index contributed by atoms with van der Waals surface area (Å²) in [5.41, 5.74) is 11.6. The Hall–Kier alpha value is -2.17. The molecule has 4 nitrogen and oxygen atoms in total. The summed E-state index contributed by atoms with van der Waals surface area (Å²) in [4.78, 5) is 11.3. The van der Waals surface area contributed by atoms with Crippen molar-refractivity contribution < 1.29 is 9.18 Å². The zero-order chi connectivity index (χ0) is 14.7. The van der Waals surface area contributed by atoms with Crippen molar-refractivity contribution >= 4 is 11.6 Å². The van der Waals surface area contributed by atoms with Crippen molar-refractivity contribution in [2.45, 2.75) is 25.7 Å². The molecular formula is C15H18FN3O. The van der Waals surface area contributed by atoms with E-state index in [1.807, 2.05) is 0 Å². The van der Waals surface area contributed by atoms with E-state index in [1.165, 1.54) is 24.3 Å². The highest BCUT2D eigenvalue weighted by Crippen LogP contribution is 2.29. The molecule has 106 valence electrons.